The minimum Gasteiger partial charge on any atom is -0.512 e. The van der Waals surface area contributed by atoms with Crippen LogP contribution in [0.4, 0.5) is 5.69 Å². The minimum atomic E-state index is 0.189. The molecule has 0 saturated carbocycles. The van der Waals surface area contributed by atoms with Crippen LogP contribution in [0.5, 0.6) is 0 Å². The molecule has 1 unspecified atom stereocenters. The second kappa shape index (κ2) is 6.75. The molecule has 22 heavy (non-hydrogen) atoms. The number of nitrogen functional groups attached to an aromatic ring is 1. The molecule has 0 heterocycles. The van der Waals surface area contributed by atoms with Crippen LogP contribution in [0.15, 0.2) is 88.6 Å². The highest BCUT2D eigenvalue weighted by Gasteiger charge is 2.20. The van der Waals surface area contributed by atoms with Crippen molar-refractivity contribution in [1.82, 2.24) is 0 Å². The number of hydrogen-bond acceptors (Lipinski definition) is 3. The highest BCUT2D eigenvalue weighted by molar-refractivity contribution is 8.00. The number of rotatable bonds is 5. The van der Waals surface area contributed by atoms with E-state index in [1.165, 1.54) is 5.57 Å². The number of hydrogen-bond donors (Lipinski definition) is 2. The Morgan fingerprint density at radius 1 is 1.18 bits per heavy atom. The molecule has 1 atom stereocenters. The first-order valence-corrected chi connectivity index (χ1v) is 8.25. The van der Waals surface area contributed by atoms with Gasteiger partial charge in [-0.1, -0.05) is 60.2 Å². The van der Waals surface area contributed by atoms with E-state index in [0.717, 1.165) is 22.6 Å². The lowest BCUT2D eigenvalue weighted by Crippen LogP contribution is -2.08. The summed E-state index contributed by atoms with van der Waals surface area (Å²) in [5, 5.41) is 10.6. The predicted octanol–water partition coefficient (Wildman–Crippen LogP) is 4.94. The van der Waals surface area contributed by atoms with Crippen LogP contribution in [0.2, 0.25) is 0 Å². The van der Waals surface area contributed by atoms with Crippen LogP contribution < -0.4 is 5.73 Å². The largest absolute Gasteiger partial charge is 0.512 e. The summed E-state index contributed by atoms with van der Waals surface area (Å²) in [6.45, 7) is 0. The second-order valence-corrected chi connectivity index (χ2v) is 6.59. The number of thioether (sulfide) groups is 1. The number of aliphatic hydroxyl groups is 1. The zero-order chi connectivity index (χ0) is 15.4. The van der Waals surface area contributed by atoms with Gasteiger partial charge in [0.2, 0.25) is 0 Å². The molecule has 0 amide bonds. The van der Waals surface area contributed by atoms with Crippen LogP contribution in [0, 0.1) is 0 Å². The molecule has 2 aliphatic carbocycles. The monoisotopic (exact) mass is 309 g/mol. The summed E-state index contributed by atoms with van der Waals surface area (Å²) < 4.78 is 0. The molecule has 1 aromatic carbocycles. The summed E-state index contributed by atoms with van der Waals surface area (Å²) in [7, 11) is 0. The fourth-order valence-corrected chi connectivity index (χ4v) is 3.79. The first-order chi connectivity index (χ1) is 10.7. The van der Waals surface area contributed by atoms with E-state index >= 15 is 0 Å². The molecular formula is C19H19NOS. The molecule has 2 aliphatic rings. The van der Waals surface area contributed by atoms with Crippen molar-refractivity contribution < 1.29 is 5.11 Å². The van der Waals surface area contributed by atoms with Gasteiger partial charge in [-0.25, -0.2) is 0 Å². The third-order valence-corrected chi connectivity index (χ3v) is 5.16. The average Bonchev–Trinajstić information content (AvgIpc) is 3.22. The van der Waals surface area contributed by atoms with Crippen molar-refractivity contribution in [2.75, 3.05) is 5.73 Å². The molecule has 0 fully saturated rings. The summed E-state index contributed by atoms with van der Waals surface area (Å²) in [4.78, 5) is 1.07. The molecule has 112 valence electrons. The Balaban J connectivity index is 1.82. The van der Waals surface area contributed by atoms with E-state index in [1.807, 2.05) is 48.6 Å². The number of allylic oxidation sites excluding steroid dienone is 9. The predicted molar refractivity (Wildman–Crippen MR) is 94.9 cm³/mol. The minimum absolute atomic E-state index is 0.189. The maximum absolute atomic E-state index is 10.4. The van der Waals surface area contributed by atoms with Gasteiger partial charge in [-0.05, 0) is 18.6 Å². The summed E-state index contributed by atoms with van der Waals surface area (Å²) in [5.41, 5.74) is 9.08. The molecule has 0 radical (unpaired) electrons. The average molecular weight is 309 g/mol. The van der Waals surface area contributed by atoms with Crippen molar-refractivity contribution in [2.45, 2.75) is 23.0 Å². The highest BCUT2D eigenvalue weighted by Crippen LogP contribution is 2.38. The van der Waals surface area contributed by atoms with Gasteiger partial charge in [-0.15, -0.1) is 11.8 Å². The van der Waals surface area contributed by atoms with Crippen molar-refractivity contribution in [1.29, 1.82) is 0 Å². The van der Waals surface area contributed by atoms with Crippen LogP contribution in [0.1, 0.15) is 12.8 Å². The third-order valence-electron chi connectivity index (χ3n) is 3.78. The van der Waals surface area contributed by atoms with Gasteiger partial charge in [-0.2, -0.15) is 0 Å². The van der Waals surface area contributed by atoms with E-state index in [2.05, 4.69) is 18.2 Å². The van der Waals surface area contributed by atoms with E-state index in [-0.39, 0.29) is 5.25 Å². The van der Waals surface area contributed by atoms with Gasteiger partial charge in [0.05, 0.1) is 0 Å². The van der Waals surface area contributed by atoms with Crippen LogP contribution in [0.25, 0.3) is 0 Å². The maximum Gasteiger partial charge on any atom is 0.101 e. The van der Waals surface area contributed by atoms with E-state index < -0.39 is 0 Å². The molecule has 0 spiro atoms. The van der Waals surface area contributed by atoms with Crippen molar-refractivity contribution in [3.8, 4) is 0 Å². The quantitative estimate of drug-likeness (QED) is 0.460. The van der Waals surface area contributed by atoms with Crippen molar-refractivity contribution >= 4 is 17.4 Å². The lowest BCUT2D eigenvalue weighted by molar-refractivity contribution is 0.386. The fourth-order valence-electron chi connectivity index (χ4n) is 2.55. The van der Waals surface area contributed by atoms with Crippen LogP contribution in [-0.4, -0.2) is 10.4 Å². The highest BCUT2D eigenvalue weighted by atomic mass is 32.2. The first-order valence-electron chi connectivity index (χ1n) is 7.37. The summed E-state index contributed by atoms with van der Waals surface area (Å²) in [5.74, 6) is 0.435. The van der Waals surface area contributed by atoms with Gasteiger partial charge < -0.3 is 10.8 Å². The smallest absolute Gasteiger partial charge is 0.101 e. The van der Waals surface area contributed by atoms with Gasteiger partial charge in [-0.3, -0.25) is 0 Å². The van der Waals surface area contributed by atoms with Gasteiger partial charge in [0.15, 0.2) is 0 Å². The number of aliphatic hydroxyl groups excluding tert-OH is 1. The van der Waals surface area contributed by atoms with E-state index in [1.54, 1.807) is 11.8 Å². The lowest BCUT2D eigenvalue weighted by atomic mass is 10.1. The Hall–Kier alpha value is -2.13. The molecule has 0 saturated heterocycles. The summed E-state index contributed by atoms with van der Waals surface area (Å²) in [6.07, 6.45) is 15.7. The molecule has 3 rings (SSSR count). The lowest BCUT2D eigenvalue weighted by Gasteiger charge is -2.19. The zero-order valence-corrected chi connectivity index (χ0v) is 13.1. The number of nitrogens with two attached hydrogens (primary N) is 1. The maximum atomic E-state index is 10.4. The Morgan fingerprint density at radius 2 is 1.95 bits per heavy atom. The molecular weight excluding hydrogens is 290 g/mol. The Bertz CT molecular complexity index is 696. The first kappa shape index (κ1) is 14.8. The number of para-hydroxylation sites is 1. The molecule has 2 nitrogen and oxygen atoms in total. The normalized spacial score (nSPS) is 17.1. The molecule has 0 aromatic heterocycles. The number of anilines is 1. The van der Waals surface area contributed by atoms with Crippen molar-refractivity contribution in [3.63, 3.8) is 0 Å². The van der Waals surface area contributed by atoms with Crippen LogP contribution in [-0.2, 0) is 0 Å². The molecule has 3 heteroatoms. The number of benzene rings is 1. The van der Waals surface area contributed by atoms with Crippen molar-refractivity contribution in [2.24, 2.45) is 0 Å². The summed E-state index contributed by atoms with van der Waals surface area (Å²) in [6, 6.07) is 7.90. The molecule has 1 aromatic rings. The van der Waals surface area contributed by atoms with Gasteiger partial charge in [0.1, 0.15) is 5.76 Å². The summed E-state index contributed by atoms with van der Waals surface area (Å²) >= 11 is 1.72. The molecule has 3 N–H and O–H groups in total. The topological polar surface area (TPSA) is 46.2 Å². The Labute approximate surface area is 135 Å². The second-order valence-electron chi connectivity index (χ2n) is 5.34. The third kappa shape index (κ3) is 3.37. The van der Waals surface area contributed by atoms with E-state index in [9.17, 15) is 5.11 Å². The standard InChI is InChI=1S/C19H19NOS/c20-16-11-5-6-12-18(16)22-19(15-9-3-4-10-15)13-17(21)14-7-1-2-8-14/h1-9,11-12,19,21H,10,13,20H2. The molecule has 0 bridgehead atoms. The van der Waals surface area contributed by atoms with E-state index in [0.29, 0.717) is 12.2 Å². The fraction of sp³-hybridized carbons (Fsp3) is 0.158. The van der Waals surface area contributed by atoms with E-state index in [4.69, 9.17) is 5.73 Å². The Kier molecular flexibility index (Phi) is 4.54. The SMILES string of the molecule is Nc1ccccc1SC(CC(O)=C1C=CC=C1)C1=CC=CC1. The molecule has 0 aliphatic heterocycles. The zero-order valence-electron chi connectivity index (χ0n) is 12.3. The Morgan fingerprint density at radius 3 is 2.64 bits per heavy atom. The van der Waals surface area contributed by atoms with Gasteiger partial charge in [0.25, 0.3) is 0 Å². The van der Waals surface area contributed by atoms with Gasteiger partial charge in [0, 0.05) is 27.8 Å². The van der Waals surface area contributed by atoms with Crippen molar-refractivity contribution in [3.05, 3.63) is 83.7 Å². The van der Waals surface area contributed by atoms with Gasteiger partial charge >= 0.3 is 0 Å². The van der Waals surface area contributed by atoms with Crippen LogP contribution in [0.3, 0.4) is 0 Å². The van der Waals surface area contributed by atoms with Crippen LogP contribution >= 0.6 is 11.8 Å².